The van der Waals surface area contributed by atoms with Crippen molar-refractivity contribution in [2.75, 3.05) is 12.8 Å². The Bertz CT molecular complexity index is 539. The van der Waals surface area contributed by atoms with Crippen molar-refractivity contribution in [1.82, 2.24) is 10.0 Å². The summed E-state index contributed by atoms with van der Waals surface area (Å²) < 4.78 is 1.49. The highest BCUT2D eigenvalue weighted by atomic mass is 35.5. The van der Waals surface area contributed by atoms with Gasteiger partial charge in [-0.15, -0.1) is 0 Å². The van der Waals surface area contributed by atoms with Crippen LogP contribution in [0.1, 0.15) is 22.5 Å². The Morgan fingerprint density at radius 3 is 2.94 bits per heavy atom. The molecular weight excluding hydrogens is 246 g/mol. The second kappa shape index (κ2) is 4.38. The summed E-state index contributed by atoms with van der Waals surface area (Å²) in [6.07, 6.45) is 1.42. The second-order valence-electron chi connectivity index (χ2n) is 3.75. The Labute approximate surface area is 102 Å². The number of pyridine rings is 1. The van der Waals surface area contributed by atoms with Gasteiger partial charge in [0.25, 0.3) is 11.5 Å². The number of rotatable bonds is 2. The first-order chi connectivity index (χ1) is 8.07. The summed E-state index contributed by atoms with van der Waals surface area (Å²) in [5, 5.41) is -0.114. The molecular formula is C10H12ClN3O3. The van der Waals surface area contributed by atoms with E-state index in [9.17, 15) is 9.59 Å². The zero-order valence-corrected chi connectivity index (χ0v) is 10.0. The first kappa shape index (κ1) is 11.9. The molecule has 0 atom stereocenters. The summed E-state index contributed by atoms with van der Waals surface area (Å²) in [7, 11) is 1.32. The third-order valence-electron chi connectivity index (χ3n) is 2.77. The van der Waals surface area contributed by atoms with Crippen molar-refractivity contribution in [2.45, 2.75) is 19.4 Å². The molecule has 1 aliphatic heterocycles. The minimum absolute atomic E-state index is 0.0133. The average molecular weight is 258 g/mol. The molecule has 0 radical (unpaired) electrons. The van der Waals surface area contributed by atoms with Crippen LogP contribution in [-0.2, 0) is 17.8 Å². The van der Waals surface area contributed by atoms with Crippen molar-refractivity contribution in [2.24, 2.45) is 0 Å². The lowest BCUT2D eigenvalue weighted by Crippen LogP contribution is -2.30. The molecule has 0 saturated heterocycles. The van der Waals surface area contributed by atoms with E-state index in [1.165, 1.54) is 11.7 Å². The van der Waals surface area contributed by atoms with Gasteiger partial charge in [-0.1, -0.05) is 11.6 Å². The number of hydrogen-bond donors (Lipinski definition) is 2. The third kappa shape index (κ3) is 1.79. The molecule has 0 unspecified atom stereocenters. The lowest BCUT2D eigenvalue weighted by atomic mass is 10.1. The number of carbonyl (C=O) groups is 1. The Morgan fingerprint density at radius 1 is 1.59 bits per heavy atom. The van der Waals surface area contributed by atoms with Crippen LogP contribution in [0.25, 0.3) is 0 Å². The van der Waals surface area contributed by atoms with E-state index in [0.717, 1.165) is 6.42 Å². The first-order valence-corrected chi connectivity index (χ1v) is 5.49. The Morgan fingerprint density at radius 2 is 2.29 bits per heavy atom. The molecule has 1 aliphatic rings. The van der Waals surface area contributed by atoms with E-state index in [-0.39, 0.29) is 21.8 Å². The van der Waals surface area contributed by atoms with Gasteiger partial charge in [0.15, 0.2) is 0 Å². The Balaban J connectivity index is 2.67. The molecule has 17 heavy (non-hydrogen) atoms. The summed E-state index contributed by atoms with van der Waals surface area (Å²) in [5.41, 5.74) is 8.43. The van der Waals surface area contributed by atoms with E-state index in [0.29, 0.717) is 18.7 Å². The van der Waals surface area contributed by atoms with Crippen molar-refractivity contribution in [3.63, 3.8) is 0 Å². The van der Waals surface area contributed by atoms with Gasteiger partial charge in [-0.25, -0.2) is 5.48 Å². The molecule has 92 valence electrons. The summed E-state index contributed by atoms with van der Waals surface area (Å²) in [6, 6.07) is 0. The fraction of sp³-hybridized carbons (Fsp3) is 0.400. The number of aromatic nitrogens is 1. The van der Waals surface area contributed by atoms with E-state index in [1.807, 2.05) is 0 Å². The SMILES string of the molecule is CONC(=O)c1c(N)c(Cl)c(=O)n2c1CCC2. The molecule has 1 amide bonds. The molecule has 3 N–H and O–H groups in total. The number of fused-ring (bicyclic) bond motifs is 1. The van der Waals surface area contributed by atoms with E-state index >= 15 is 0 Å². The monoisotopic (exact) mass is 257 g/mol. The molecule has 6 nitrogen and oxygen atoms in total. The van der Waals surface area contributed by atoms with Gasteiger partial charge in [0.2, 0.25) is 0 Å². The van der Waals surface area contributed by atoms with Crippen LogP contribution >= 0.6 is 11.6 Å². The van der Waals surface area contributed by atoms with Gasteiger partial charge in [-0.05, 0) is 12.8 Å². The Kier molecular flexibility index (Phi) is 3.08. The lowest BCUT2D eigenvalue weighted by Gasteiger charge is -2.13. The molecule has 0 spiro atoms. The van der Waals surface area contributed by atoms with Gasteiger partial charge in [-0.3, -0.25) is 14.4 Å². The number of carbonyl (C=O) groups excluding carboxylic acids is 1. The van der Waals surface area contributed by atoms with Gasteiger partial charge in [0, 0.05) is 12.2 Å². The number of hydroxylamine groups is 1. The van der Waals surface area contributed by atoms with Crippen LogP contribution in [0.15, 0.2) is 4.79 Å². The third-order valence-corrected chi connectivity index (χ3v) is 3.14. The van der Waals surface area contributed by atoms with Crippen LogP contribution in [0.4, 0.5) is 5.69 Å². The van der Waals surface area contributed by atoms with Gasteiger partial charge in [-0.2, -0.15) is 0 Å². The maximum Gasteiger partial charge on any atom is 0.278 e. The van der Waals surface area contributed by atoms with Crippen molar-refractivity contribution >= 4 is 23.2 Å². The zero-order chi connectivity index (χ0) is 12.6. The summed E-state index contributed by atoms with van der Waals surface area (Å²) in [5.74, 6) is -0.488. The maximum absolute atomic E-state index is 11.8. The predicted octanol–water partition coefficient (Wildman–Crippen LogP) is 0.321. The number of nitrogen functional groups attached to an aromatic ring is 1. The fourth-order valence-electron chi connectivity index (χ4n) is 2.05. The predicted molar refractivity (Wildman–Crippen MR) is 62.9 cm³/mol. The summed E-state index contributed by atoms with van der Waals surface area (Å²) in [6.45, 7) is 0.557. The van der Waals surface area contributed by atoms with Crippen LogP contribution in [0.3, 0.4) is 0 Å². The maximum atomic E-state index is 11.8. The molecule has 0 aromatic carbocycles. The minimum Gasteiger partial charge on any atom is -0.397 e. The molecule has 0 saturated carbocycles. The van der Waals surface area contributed by atoms with Crippen molar-refractivity contribution in [3.8, 4) is 0 Å². The van der Waals surface area contributed by atoms with Crippen LogP contribution in [0.5, 0.6) is 0 Å². The minimum atomic E-state index is -0.488. The van der Waals surface area contributed by atoms with E-state index in [2.05, 4.69) is 10.3 Å². The van der Waals surface area contributed by atoms with Crippen molar-refractivity contribution in [3.05, 3.63) is 26.6 Å². The molecule has 0 fully saturated rings. The number of amides is 1. The second-order valence-corrected chi connectivity index (χ2v) is 4.12. The number of hydrogen-bond acceptors (Lipinski definition) is 4. The van der Waals surface area contributed by atoms with E-state index < -0.39 is 5.91 Å². The number of nitrogens with one attached hydrogen (secondary N) is 1. The van der Waals surface area contributed by atoms with E-state index in [4.69, 9.17) is 17.3 Å². The van der Waals surface area contributed by atoms with Gasteiger partial charge in [0.05, 0.1) is 18.4 Å². The zero-order valence-electron chi connectivity index (χ0n) is 9.25. The van der Waals surface area contributed by atoms with Crippen LogP contribution < -0.4 is 16.8 Å². The summed E-state index contributed by atoms with van der Waals surface area (Å²) >= 11 is 5.83. The topological polar surface area (TPSA) is 86.3 Å². The standard InChI is InChI=1S/C10H12ClN3O3/c1-17-13-9(15)6-5-3-2-4-14(5)10(16)7(11)8(6)12/h2-4,12H2,1H3,(H,13,15). The van der Waals surface area contributed by atoms with Gasteiger partial charge >= 0.3 is 0 Å². The normalized spacial score (nSPS) is 13.5. The number of halogens is 1. The molecule has 0 bridgehead atoms. The highest BCUT2D eigenvalue weighted by Gasteiger charge is 2.26. The molecule has 2 rings (SSSR count). The van der Waals surface area contributed by atoms with Crippen LogP contribution in [-0.4, -0.2) is 17.6 Å². The highest BCUT2D eigenvalue weighted by Crippen LogP contribution is 2.26. The molecule has 1 aromatic heterocycles. The molecule has 2 heterocycles. The van der Waals surface area contributed by atoms with Crippen LogP contribution in [0, 0.1) is 0 Å². The van der Waals surface area contributed by atoms with E-state index in [1.54, 1.807) is 0 Å². The van der Waals surface area contributed by atoms with Crippen LogP contribution in [0.2, 0.25) is 5.02 Å². The smallest absolute Gasteiger partial charge is 0.278 e. The quantitative estimate of drug-likeness (QED) is 0.747. The largest absolute Gasteiger partial charge is 0.397 e. The highest BCUT2D eigenvalue weighted by molar-refractivity contribution is 6.33. The molecule has 0 aliphatic carbocycles. The first-order valence-electron chi connectivity index (χ1n) is 5.12. The van der Waals surface area contributed by atoms with Crippen molar-refractivity contribution in [1.29, 1.82) is 0 Å². The Hall–Kier alpha value is -1.53. The van der Waals surface area contributed by atoms with Gasteiger partial charge in [0.1, 0.15) is 5.02 Å². The lowest BCUT2D eigenvalue weighted by molar-refractivity contribution is 0.0537. The average Bonchev–Trinajstić information content (AvgIpc) is 2.75. The van der Waals surface area contributed by atoms with Crippen molar-refractivity contribution < 1.29 is 9.63 Å². The molecule has 1 aromatic rings. The fourth-order valence-corrected chi connectivity index (χ4v) is 2.25. The number of nitrogens with zero attached hydrogens (tertiary/aromatic N) is 1. The molecule has 7 heteroatoms. The number of nitrogens with two attached hydrogens (primary N) is 1. The number of anilines is 1. The van der Waals surface area contributed by atoms with Gasteiger partial charge < -0.3 is 10.3 Å². The summed E-state index contributed by atoms with van der Waals surface area (Å²) in [4.78, 5) is 28.2.